The molecule has 0 bridgehead atoms. The molecule has 0 aromatic heterocycles. The zero-order valence-electron chi connectivity index (χ0n) is 11.2. The van der Waals surface area contributed by atoms with E-state index in [4.69, 9.17) is 9.84 Å². The molecule has 0 saturated heterocycles. The third kappa shape index (κ3) is 8.55. The van der Waals surface area contributed by atoms with Gasteiger partial charge >= 0.3 is 5.97 Å². The van der Waals surface area contributed by atoms with Crippen LogP contribution >= 0.6 is 11.8 Å². The number of hydrogen-bond acceptors (Lipinski definition) is 4. The zero-order chi connectivity index (χ0) is 14.6. The maximum absolute atomic E-state index is 11.3. The summed E-state index contributed by atoms with van der Waals surface area (Å²) in [5.74, 6) is -0.915. The van der Waals surface area contributed by atoms with Gasteiger partial charge in [-0.3, -0.25) is 9.59 Å². The Balaban J connectivity index is 1.94. The molecule has 1 aromatic carbocycles. The minimum Gasteiger partial charge on any atom is -0.481 e. The summed E-state index contributed by atoms with van der Waals surface area (Å²) in [5, 5.41) is 11.1. The van der Waals surface area contributed by atoms with E-state index in [-0.39, 0.29) is 17.4 Å². The van der Waals surface area contributed by atoms with Crippen LogP contribution < -0.4 is 5.32 Å². The molecule has 20 heavy (non-hydrogen) atoms. The molecule has 0 spiro atoms. The van der Waals surface area contributed by atoms with Crippen LogP contribution in [0.5, 0.6) is 0 Å². The highest BCUT2D eigenvalue weighted by Gasteiger charge is 2.03. The molecule has 6 heteroatoms. The number of carbonyl (C=O) groups is 2. The van der Waals surface area contributed by atoms with E-state index >= 15 is 0 Å². The standard InChI is InChI=1S/C14H19NO4S/c16-13(10-20-11-14(17)18)15-7-4-8-19-9-12-5-2-1-3-6-12/h1-3,5-6H,4,7-11H2,(H,15,16)(H,17,18). The summed E-state index contributed by atoms with van der Waals surface area (Å²) in [6, 6.07) is 9.89. The van der Waals surface area contributed by atoms with Crippen molar-refractivity contribution >= 4 is 23.6 Å². The molecule has 0 aliphatic heterocycles. The molecule has 1 aromatic rings. The maximum atomic E-state index is 11.3. The van der Waals surface area contributed by atoms with Crippen molar-refractivity contribution in [2.75, 3.05) is 24.7 Å². The monoisotopic (exact) mass is 297 g/mol. The third-order valence-corrected chi connectivity index (χ3v) is 3.28. The highest BCUT2D eigenvalue weighted by molar-refractivity contribution is 8.00. The molecule has 0 aliphatic rings. The average Bonchev–Trinajstić information content (AvgIpc) is 2.43. The highest BCUT2D eigenvalue weighted by atomic mass is 32.2. The number of carboxylic acid groups (broad SMARTS) is 1. The van der Waals surface area contributed by atoms with Crippen molar-refractivity contribution < 1.29 is 19.4 Å². The fourth-order valence-corrected chi connectivity index (χ4v) is 2.01. The largest absolute Gasteiger partial charge is 0.481 e. The Bertz CT molecular complexity index is 411. The van der Waals surface area contributed by atoms with Crippen molar-refractivity contribution in [1.29, 1.82) is 0 Å². The summed E-state index contributed by atoms with van der Waals surface area (Å²) in [6.45, 7) is 1.70. The second kappa shape index (κ2) is 10.3. The molecule has 1 rings (SSSR count). The lowest BCUT2D eigenvalue weighted by Crippen LogP contribution is -2.27. The smallest absolute Gasteiger partial charge is 0.313 e. The van der Waals surface area contributed by atoms with Crippen LogP contribution in [0.4, 0.5) is 0 Å². The molecule has 0 saturated carbocycles. The Hall–Kier alpha value is -1.53. The summed E-state index contributed by atoms with van der Waals surface area (Å²) in [7, 11) is 0. The molecule has 0 heterocycles. The van der Waals surface area contributed by atoms with E-state index in [1.807, 2.05) is 30.3 Å². The summed E-state index contributed by atoms with van der Waals surface area (Å²) in [5.41, 5.74) is 1.13. The number of rotatable bonds is 10. The van der Waals surface area contributed by atoms with Crippen molar-refractivity contribution in [2.24, 2.45) is 0 Å². The van der Waals surface area contributed by atoms with Gasteiger partial charge in [0.25, 0.3) is 0 Å². The number of thioether (sulfide) groups is 1. The maximum Gasteiger partial charge on any atom is 0.313 e. The van der Waals surface area contributed by atoms with Crippen molar-refractivity contribution in [2.45, 2.75) is 13.0 Å². The van der Waals surface area contributed by atoms with Crippen LogP contribution in [-0.4, -0.2) is 41.6 Å². The lowest BCUT2D eigenvalue weighted by molar-refractivity contribution is -0.133. The van der Waals surface area contributed by atoms with Gasteiger partial charge in [-0.25, -0.2) is 0 Å². The average molecular weight is 297 g/mol. The Morgan fingerprint density at radius 1 is 1.20 bits per heavy atom. The van der Waals surface area contributed by atoms with Gasteiger partial charge < -0.3 is 15.2 Å². The molecular formula is C14H19NO4S. The number of benzene rings is 1. The molecule has 2 N–H and O–H groups in total. The number of amides is 1. The van der Waals surface area contributed by atoms with Crippen LogP contribution in [0.2, 0.25) is 0 Å². The number of aliphatic carboxylic acids is 1. The van der Waals surface area contributed by atoms with Gasteiger partial charge in [0, 0.05) is 13.2 Å². The third-order valence-electron chi connectivity index (χ3n) is 2.36. The van der Waals surface area contributed by atoms with Crippen LogP contribution in [0.15, 0.2) is 30.3 Å². The fraction of sp³-hybridized carbons (Fsp3) is 0.429. The van der Waals surface area contributed by atoms with Gasteiger partial charge in [0.1, 0.15) is 0 Å². The van der Waals surface area contributed by atoms with Crippen molar-refractivity contribution in [3.05, 3.63) is 35.9 Å². The quantitative estimate of drug-likeness (QED) is 0.641. The summed E-state index contributed by atoms with van der Waals surface area (Å²) in [6.07, 6.45) is 0.738. The summed E-state index contributed by atoms with van der Waals surface area (Å²) < 4.78 is 5.48. The Morgan fingerprint density at radius 3 is 2.65 bits per heavy atom. The van der Waals surface area contributed by atoms with E-state index in [0.29, 0.717) is 19.8 Å². The van der Waals surface area contributed by atoms with Crippen LogP contribution in [0.3, 0.4) is 0 Å². The fourth-order valence-electron chi connectivity index (χ4n) is 1.45. The SMILES string of the molecule is O=C(O)CSCC(=O)NCCCOCc1ccccc1. The van der Waals surface area contributed by atoms with Crippen LogP contribution in [0, 0.1) is 0 Å². The van der Waals surface area contributed by atoms with E-state index in [0.717, 1.165) is 23.7 Å². The molecule has 110 valence electrons. The number of carboxylic acids is 1. The van der Waals surface area contributed by atoms with Crippen molar-refractivity contribution in [3.8, 4) is 0 Å². The predicted octanol–water partition coefficient (Wildman–Crippen LogP) is 1.53. The number of carbonyl (C=O) groups excluding carboxylic acids is 1. The van der Waals surface area contributed by atoms with Gasteiger partial charge in [0.2, 0.25) is 5.91 Å². The van der Waals surface area contributed by atoms with Gasteiger partial charge in [-0.05, 0) is 12.0 Å². The molecule has 0 radical (unpaired) electrons. The Labute approximate surface area is 122 Å². The summed E-state index contributed by atoms with van der Waals surface area (Å²) in [4.78, 5) is 21.6. The van der Waals surface area contributed by atoms with Gasteiger partial charge in [-0.15, -0.1) is 11.8 Å². The number of nitrogens with one attached hydrogen (secondary N) is 1. The van der Waals surface area contributed by atoms with E-state index in [1.165, 1.54) is 0 Å². The van der Waals surface area contributed by atoms with Gasteiger partial charge in [0.15, 0.2) is 0 Å². The van der Waals surface area contributed by atoms with Crippen molar-refractivity contribution in [3.63, 3.8) is 0 Å². The molecule has 1 amide bonds. The van der Waals surface area contributed by atoms with Crippen LogP contribution in [-0.2, 0) is 20.9 Å². The first kappa shape index (κ1) is 16.5. The first-order valence-electron chi connectivity index (χ1n) is 6.36. The Morgan fingerprint density at radius 2 is 1.95 bits per heavy atom. The zero-order valence-corrected chi connectivity index (χ0v) is 12.0. The van der Waals surface area contributed by atoms with E-state index < -0.39 is 5.97 Å². The molecular weight excluding hydrogens is 278 g/mol. The van der Waals surface area contributed by atoms with Gasteiger partial charge in [0.05, 0.1) is 18.1 Å². The second-order valence-corrected chi connectivity index (χ2v) is 5.11. The van der Waals surface area contributed by atoms with Crippen molar-refractivity contribution in [1.82, 2.24) is 5.32 Å². The summed E-state index contributed by atoms with van der Waals surface area (Å²) >= 11 is 1.09. The first-order chi connectivity index (χ1) is 9.68. The molecule has 0 fully saturated rings. The topological polar surface area (TPSA) is 75.6 Å². The lowest BCUT2D eigenvalue weighted by atomic mass is 10.2. The van der Waals surface area contributed by atoms with E-state index in [2.05, 4.69) is 5.32 Å². The van der Waals surface area contributed by atoms with Gasteiger partial charge in [-0.1, -0.05) is 30.3 Å². The molecule has 0 aliphatic carbocycles. The van der Waals surface area contributed by atoms with Crippen LogP contribution in [0.25, 0.3) is 0 Å². The van der Waals surface area contributed by atoms with E-state index in [1.54, 1.807) is 0 Å². The van der Waals surface area contributed by atoms with Gasteiger partial charge in [-0.2, -0.15) is 0 Å². The predicted molar refractivity (Wildman–Crippen MR) is 78.7 cm³/mol. The lowest BCUT2D eigenvalue weighted by Gasteiger charge is -2.06. The first-order valence-corrected chi connectivity index (χ1v) is 7.52. The molecule has 5 nitrogen and oxygen atoms in total. The van der Waals surface area contributed by atoms with Crippen LogP contribution in [0.1, 0.15) is 12.0 Å². The highest BCUT2D eigenvalue weighted by Crippen LogP contribution is 2.01. The van der Waals surface area contributed by atoms with E-state index in [9.17, 15) is 9.59 Å². The number of ether oxygens (including phenoxy) is 1. The number of hydrogen-bond donors (Lipinski definition) is 2. The Kier molecular flexibility index (Phi) is 8.49. The second-order valence-electron chi connectivity index (χ2n) is 4.13. The normalized spacial score (nSPS) is 10.2. The minimum absolute atomic E-state index is 0.0480. The molecule has 0 unspecified atom stereocenters. The minimum atomic E-state index is -0.905. The molecule has 0 atom stereocenters.